The molecule has 1 N–H and O–H groups in total. The normalized spacial score (nSPS) is 22.5. The first-order valence-electron chi connectivity index (χ1n) is 4.44. The monoisotopic (exact) mass is 188 g/mol. The van der Waals surface area contributed by atoms with Crippen LogP contribution in [0.1, 0.15) is 19.3 Å². The Bertz CT molecular complexity index is 167. The first-order chi connectivity index (χ1) is 6.20. The van der Waals surface area contributed by atoms with Gasteiger partial charge in [-0.2, -0.15) is 0 Å². The van der Waals surface area contributed by atoms with Gasteiger partial charge in [0.25, 0.3) is 0 Å². The number of hydrogen-bond donors (Lipinski definition) is 1. The number of hydrogen-bond acceptors (Lipinski definition) is 3. The van der Waals surface area contributed by atoms with Crippen LogP contribution in [0.2, 0.25) is 0 Å². The molecule has 0 saturated carbocycles. The van der Waals surface area contributed by atoms with Gasteiger partial charge >= 0.3 is 6.03 Å². The maximum atomic E-state index is 11.0. The molecule has 0 bridgehead atoms. The van der Waals surface area contributed by atoms with Gasteiger partial charge in [-0.05, 0) is 12.8 Å². The summed E-state index contributed by atoms with van der Waals surface area (Å²) >= 11 is 0. The summed E-state index contributed by atoms with van der Waals surface area (Å²) < 4.78 is 5.25. The number of nitrogens with zero attached hydrogens (tertiary/aromatic N) is 1. The molecule has 1 aliphatic rings. The summed E-state index contributed by atoms with van der Waals surface area (Å²) in [6.07, 6.45) is 2.72. The summed E-state index contributed by atoms with van der Waals surface area (Å²) in [5, 5.41) is 0. The van der Waals surface area contributed by atoms with Gasteiger partial charge in [0.15, 0.2) is 6.29 Å². The van der Waals surface area contributed by atoms with Crippen LogP contribution in [-0.2, 0) is 9.57 Å². The van der Waals surface area contributed by atoms with Crippen molar-refractivity contribution in [2.45, 2.75) is 25.6 Å². The highest BCUT2D eigenvalue weighted by Gasteiger charge is 2.15. The maximum Gasteiger partial charge on any atom is 0.340 e. The molecule has 1 fully saturated rings. The van der Waals surface area contributed by atoms with Crippen molar-refractivity contribution in [1.29, 1.82) is 0 Å². The van der Waals surface area contributed by atoms with Gasteiger partial charge in [-0.3, -0.25) is 0 Å². The Morgan fingerprint density at radius 2 is 2.31 bits per heavy atom. The van der Waals surface area contributed by atoms with Gasteiger partial charge in [0.1, 0.15) is 0 Å². The quantitative estimate of drug-likeness (QED) is 0.649. The Kier molecular flexibility index (Phi) is 3.98. The fraction of sp³-hybridized carbons (Fsp3) is 0.875. The van der Waals surface area contributed by atoms with Gasteiger partial charge in [0.05, 0.1) is 0 Å². The van der Waals surface area contributed by atoms with Crippen LogP contribution in [0.4, 0.5) is 4.79 Å². The molecule has 0 aromatic rings. The zero-order valence-corrected chi connectivity index (χ0v) is 8.08. The molecular weight excluding hydrogens is 172 g/mol. The lowest BCUT2D eigenvalue weighted by Gasteiger charge is -2.22. The predicted molar refractivity (Wildman–Crippen MR) is 46.9 cm³/mol. The lowest BCUT2D eigenvalue weighted by atomic mass is 10.2. The number of hydroxylamine groups is 1. The minimum atomic E-state index is -0.280. The topological polar surface area (TPSA) is 50.8 Å². The SMILES string of the molecule is CN(C)C(=O)NOC1CCCCO1. The first kappa shape index (κ1) is 10.3. The van der Waals surface area contributed by atoms with Gasteiger partial charge < -0.3 is 9.64 Å². The molecule has 5 heteroatoms. The number of carbonyl (C=O) groups is 1. The Balaban J connectivity index is 2.13. The zero-order valence-electron chi connectivity index (χ0n) is 8.08. The Morgan fingerprint density at radius 3 is 2.85 bits per heavy atom. The molecule has 1 aliphatic heterocycles. The average molecular weight is 188 g/mol. The zero-order chi connectivity index (χ0) is 9.68. The number of ether oxygens (including phenoxy) is 1. The molecule has 1 atom stereocenters. The molecule has 1 heterocycles. The lowest BCUT2D eigenvalue weighted by Crippen LogP contribution is -2.38. The number of rotatable bonds is 2. The Hall–Kier alpha value is -0.810. The van der Waals surface area contributed by atoms with E-state index in [1.807, 2.05) is 0 Å². The van der Waals surface area contributed by atoms with Crippen molar-refractivity contribution in [3.05, 3.63) is 0 Å². The molecular formula is C8H16N2O3. The van der Waals surface area contributed by atoms with E-state index in [1.54, 1.807) is 14.1 Å². The summed E-state index contributed by atoms with van der Waals surface area (Å²) in [5.41, 5.74) is 2.31. The molecule has 0 aliphatic carbocycles. The fourth-order valence-electron chi connectivity index (χ4n) is 1.01. The van der Waals surface area contributed by atoms with E-state index >= 15 is 0 Å². The first-order valence-corrected chi connectivity index (χ1v) is 4.44. The van der Waals surface area contributed by atoms with Crippen LogP contribution in [0, 0.1) is 0 Å². The van der Waals surface area contributed by atoms with Crippen molar-refractivity contribution < 1.29 is 14.4 Å². The standard InChI is InChI=1S/C8H16N2O3/c1-10(2)8(11)9-13-7-5-3-4-6-12-7/h7H,3-6H2,1-2H3,(H,9,11). The van der Waals surface area contributed by atoms with Gasteiger partial charge in [0.2, 0.25) is 0 Å². The van der Waals surface area contributed by atoms with Crippen molar-refractivity contribution in [2.24, 2.45) is 0 Å². The van der Waals surface area contributed by atoms with E-state index in [9.17, 15) is 4.79 Å². The number of carbonyl (C=O) groups excluding carboxylic acids is 1. The molecule has 0 radical (unpaired) electrons. The fourth-order valence-corrected chi connectivity index (χ4v) is 1.01. The summed E-state index contributed by atoms with van der Waals surface area (Å²) in [7, 11) is 3.31. The maximum absolute atomic E-state index is 11.0. The molecule has 1 unspecified atom stereocenters. The summed E-state index contributed by atoms with van der Waals surface area (Å²) in [4.78, 5) is 17.5. The highest BCUT2D eigenvalue weighted by molar-refractivity contribution is 5.72. The number of nitrogens with one attached hydrogen (secondary N) is 1. The van der Waals surface area contributed by atoms with E-state index in [-0.39, 0.29) is 12.3 Å². The molecule has 2 amide bonds. The van der Waals surface area contributed by atoms with E-state index in [2.05, 4.69) is 5.48 Å². The molecule has 0 aromatic heterocycles. The van der Waals surface area contributed by atoms with Gasteiger partial charge in [0, 0.05) is 27.1 Å². The lowest BCUT2D eigenvalue weighted by molar-refractivity contribution is -0.187. The third kappa shape index (κ3) is 3.61. The van der Waals surface area contributed by atoms with E-state index in [1.165, 1.54) is 4.90 Å². The highest BCUT2D eigenvalue weighted by Crippen LogP contribution is 2.12. The van der Waals surface area contributed by atoms with E-state index < -0.39 is 0 Å². The van der Waals surface area contributed by atoms with Crippen molar-refractivity contribution in [3.63, 3.8) is 0 Å². The van der Waals surface area contributed by atoms with Crippen molar-refractivity contribution in [1.82, 2.24) is 10.4 Å². The Morgan fingerprint density at radius 1 is 1.54 bits per heavy atom. The molecule has 5 nitrogen and oxygen atoms in total. The van der Waals surface area contributed by atoms with Gasteiger partial charge in [-0.1, -0.05) is 0 Å². The van der Waals surface area contributed by atoms with Gasteiger partial charge in [-0.25, -0.2) is 15.1 Å². The molecule has 0 aromatic carbocycles. The van der Waals surface area contributed by atoms with Crippen molar-refractivity contribution >= 4 is 6.03 Å². The molecule has 76 valence electrons. The van der Waals surface area contributed by atoms with Crippen LogP contribution in [0.3, 0.4) is 0 Å². The third-order valence-corrected chi connectivity index (χ3v) is 1.82. The second kappa shape index (κ2) is 5.04. The van der Waals surface area contributed by atoms with Crippen LogP contribution in [-0.4, -0.2) is 37.9 Å². The molecule has 1 rings (SSSR count). The van der Waals surface area contributed by atoms with E-state index in [4.69, 9.17) is 9.57 Å². The van der Waals surface area contributed by atoms with Crippen LogP contribution in [0.5, 0.6) is 0 Å². The summed E-state index contributed by atoms with van der Waals surface area (Å²) in [5.74, 6) is 0. The van der Waals surface area contributed by atoms with Crippen LogP contribution < -0.4 is 5.48 Å². The second-order valence-electron chi connectivity index (χ2n) is 3.22. The minimum Gasteiger partial charge on any atom is -0.350 e. The molecule has 1 saturated heterocycles. The smallest absolute Gasteiger partial charge is 0.340 e. The van der Waals surface area contributed by atoms with E-state index in [0.717, 1.165) is 19.3 Å². The highest BCUT2D eigenvalue weighted by atomic mass is 16.8. The van der Waals surface area contributed by atoms with Crippen molar-refractivity contribution in [3.8, 4) is 0 Å². The third-order valence-electron chi connectivity index (χ3n) is 1.82. The molecule has 13 heavy (non-hydrogen) atoms. The summed E-state index contributed by atoms with van der Waals surface area (Å²) in [6, 6.07) is -0.269. The van der Waals surface area contributed by atoms with E-state index in [0.29, 0.717) is 6.61 Å². The predicted octanol–water partition coefficient (Wildman–Crippen LogP) is 0.716. The minimum absolute atomic E-state index is 0.269. The van der Waals surface area contributed by atoms with Gasteiger partial charge in [-0.15, -0.1) is 0 Å². The Labute approximate surface area is 77.9 Å². The summed E-state index contributed by atoms with van der Waals surface area (Å²) in [6.45, 7) is 0.711. The number of amides is 2. The van der Waals surface area contributed by atoms with Crippen LogP contribution >= 0.6 is 0 Å². The second-order valence-corrected chi connectivity index (χ2v) is 3.22. The number of urea groups is 1. The molecule has 0 spiro atoms. The average Bonchev–Trinajstić information content (AvgIpc) is 2.15. The van der Waals surface area contributed by atoms with Crippen molar-refractivity contribution in [2.75, 3.05) is 20.7 Å². The van der Waals surface area contributed by atoms with Crippen LogP contribution in [0.25, 0.3) is 0 Å². The van der Waals surface area contributed by atoms with Crippen LogP contribution in [0.15, 0.2) is 0 Å². The largest absolute Gasteiger partial charge is 0.350 e.